The molecule has 0 aliphatic carbocycles. The van der Waals surface area contributed by atoms with Crippen molar-refractivity contribution in [3.05, 3.63) is 57.0 Å². The number of carboxylic acid groups (broad SMARTS) is 1. The van der Waals surface area contributed by atoms with Gasteiger partial charge in [-0.2, -0.15) is 0 Å². The van der Waals surface area contributed by atoms with E-state index in [4.69, 9.17) is 14.3 Å². The fraction of sp³-hybridized carbons (Fsp3) is 0.294. The lowest BCUT2D eigenvalue weighted by Gasteiger charge is -2.16. The Kier molecular flexibility index (Phi) is 5.61. The molecular formula is C17H18N2O7. The SMILES string of the molecule is CCOc1ccc(C(=O)N(C)Cc2cc(C(=O)O)c(C)o2)cc1[N+](=O)[O-]. The van der Waals surface area contributed by atoms with E-state index in [1.54, 1.807) is 6.92 Å². The summed E-state index contributed by atoms with van der Waals surface area (Å²) < 4.78 is 10.5. The summed E-state index contributed by atoms with van der Waals surface area (Å²) in [5, 5.41) is 20.2. The lowest BCUT2D eigenvalue weighted by molar-refractivity contribution is -0.385. The second-order valence-corrected chi connectivity index (χ2v) is 5.52. The van der Waals surface area contributed by atoms with E-state index < -0.39 is 16.8 Å². The van der Waals surface area contributed by atoms with Gasteiger partial charge in [0.1, 0.15) is 17.1 Å². The summed E-state index contributed by atoms with van der Waals surface area (Å²) >= 11 is 0. The Morgan fingerprint density at radius 1 is 1.35 bits per heavy atom. The van der Waals surface area contributed by atoms with Crippen molar-refractivity contribution >= 4 is 17.6 Å². The molecule has 1 aromatic heterocycles. The molecule has 138 valence electrons. The molecule has 1 amide bonds. The fourth-order valence-electron chi connectivity index (χ4n) is 2.43. The van der Waals surface area contributed by atoms with Crippen LogP contribution in [0.2, 0.25) is 0 Å². The molecule has 9 heteroatoms. The van der Waals surface area contributed by atoms with E-state index >= 15 is 0 Å². The maximum absolute atomic E-state index is 12.5. The Bertz CT molecular complexity index is 857. The smallest absolute Gasteiger partial charge is 0.339 e. The molecule has 0 spiro atoms. The topological polar surface area (TPSA) is 123 Å². The first-order chi connectivity index (χ1) is 12.2. The summed E-state index contributed by atoms with van der Waals surface area (Å²) in [6.07, 6.45) is 0. The first-order valence-corrected chi connectivity index (χ1v) is 7.73. The number of ether oxygens (including phenoxy) is 1. The van der Waals surface area contributed by atoms with E-state index in [1.165, 1.54) is 37.1 Å². The highest BCUT2D eigenvalue weighted by molar-refractivity contribution is 5.95. The van der Waals surface area contributed by atoms with E-state index in [1.807, 2.05) is 0 Å². The number of carbonyl (C=O) groups is 2. The summed E-state index contributed by atoms with van der Waals surface area (Å²) in [6.45, 7) is 3.50. The molecule has 1 N–H and O–H groups in total. The molecule has 0 atom stereocenters. The van der Waals surface area contributed by atoms with Crippen LogP contribution in [0.4, 0.5) is 5.69 Å². The van der Waals surface area contributed by atoms with Crippen LogP contribution in [-0.2, 0) is 6.54 Å². The van der Waals surface area contributed by atoms with E-state index in [2.05, 4.69) is 0 Å². The maximum Gasteiger partial charge on any atom is 0.339 e. The van der Waals surface area contributed by atoms with Crippen molar-refractivity contribution in [3.8, 4) is 5.75 Å². The number of benzene rings is 1. The quantitative estimate of drug-likeness (QED) is 0.593. The lowest BCUT2D eigenvalue weighted by Crippen LogP contribution is -2.26. The van der Waals surface area contributed by atoms with Gasteiger partial charge in [0.2, 0.25) is 0 Å². The number of nitrogens with zero attached hydrogens (tertiary/aromatic N) is 2. The highest BCUT2D eigenvalue weighted by Crippen LogP contribution is 2.28. The number of nitro groups is 1. The maximum atomic E-state index is 12.5. The standard InChI is InChI=1S/C17H18N2O7/c1-4-25-15-6-5-11(7-14(15)19(23)24)16(20)18(3)9-12-8-13(17(21)22)10(2)26-12/h5-8H,4,9H2,1-3H3,(H,21,22). The van der Waals surface area contributed by atoms with Gasteiger partial charge in [0.25, 0.3) is 5.91 Å². The van der Waals surface area contributed by atoms with Crippen molar-refractivity contribution in [3.63, 3.8) is 0 Å². The first kappa shape index (κ1) is 19.0. The monoisotopic (exact) mass is 362 g/mol. The van der Waals surface area contributed by atoms with Crippen LogP contribution in [0.1, 0.15) is 39.2 Å². The number of rotatable bonds is 7. The van der Waals surface area contributed by atoms with Crippen molar-refractivity contribution in [1.82, 2.24) is 4.90 Å². The average Bonchev–Trinajstić information content (AvgIpc) is 2.95. The first-order valence-electron chi connectivity index (χ1n) is 7.73. The van der Waals surface area contributed by atoms with Crippen molar-refractivity contribution in [2.45, 2.75) is 20.4 Å². The molecule has 0 unspecified atom stereocenters. The minimum absolute atomic E-state index is 0.0218. The molecular weight excluding hydrogens is 344 g/mol. The van der Waals surface area contributed by atoms with Gasteiger partial charge in [0.15, 0.2) is 5.75 Å². The minimum atomic E-state index is -1.12. The number of nitro benzene ring substituents is 1. The van der Waals surface area contributed by atoms with Crippen LogP contribution in [0.25, 0.3) is 0 Å². The molecule has 0 aliphatic heterocycles. The van der Waals surface area contributed by atoms with Crippen LogP contribution in [0.15, 0.2) is 28.7 Å². The molecule has 0 radical (unpaired) electrons. The highest BCUT2D eigenvalue weighted by atomic mass is 16.6. The Hall–Kier alpha value is -3.36. The highest BCUT2D eigenvalue weighted by Gasteiger charge is 2.22. The summed E-state index contributed by atoms with van der Waals surface area (Å²) in [7, 11) is 1.49. The van der Waals surface area contributed by atoms with Crippen LogP contribution in [0.3, 0.4) is 0 Å². The van der Waals surface area contributed by atoms with E-state index in [9.17, 15) is 19.7 Å². The number of amides is 1. The molecule has 0 aliphatic rings. The van der Waals surface area contributed by atoms with Gasteiger partial charge in [-0.25, -0.2) is 4.79 Å². The fourth-order valence-corrected chi connectivity index (χ4v) is 2.43. The minimum Gasteiger partial charge on any atom is -0.487 e. The molecule has 1 aromatic carbocycles. The number of aryl methyl sites for hydroxylation is 1. The number of carboxylic acids is 1. The number of furan rings is 1. The third kappa shape index (κ3) is 4.00. The molecule has 0 bridgehead atoms. The molecule has 1 heterocycles. The van der Waals surface area contributed by atoms with Gasteiger partial charge in [-0.15, -0.1) is 0 Å². The molecule has 26 heavy (non-hydrogen) atoms. The van der Waals surface area contributed by atoms with Gasteiger partial charge in [-0.05, 0) is 32.0 Å². The van der Waals surface area contributed by atoms with E-state index in [0.29, 0.717) is 5.76 Å². The predicted molar refractivity (Wildman–Crippen MR) is 90.5 cm³/mol. The Balaban J connectivity index is 2.22. The molecule has 9 nitrogen and oxygen atoms in total. The second kappa shape index (κ2) is 7.68. The lowest BCUT2D eigenvalue weighted by atomic mass is 10.1. The zero-order chi connectivity index (χ0) is 19.4. The number of aromatic carboxylic acids is 1. The molecule has 0 saturated heterocycles. The number of hydrogen-bond acceptors (Lipinski definition) is 6. The third-order valence-electron chi connectivity index (χ3n) is 3.64. The van der Waals surface area contributed by atoms with Crippen LogP contribution in [-0.4, -0.2) is 40.5 Å². The van der Waals surface area contributed by atoms with Crippen LogP contribution in [0, 0.1) is 17.0 Å². The average molecular weight is 362 g/mol. The van der Waals surface area contributed by atoms with Gasteiger partial charge in [-0.3, -0.25) is 14.9 Å². The van der Waals surface area contributed by atoms with Gasteiger partial charge in [-0.1, -0.05) is 0 Å². The normalized spacial score (nSPS) is 10.4. The summed E-state index contributed by atoms with van der Waals surface area (Å²) in [4.78, 5) is 35.4. The number of carbonyl (C=O) groups excluding carboxylic acids is 1. The second-order valence-electron chi connectivity index (χ2n) is 5.52. The van der Waals surface area contributed by atoms with E-state index in [-0.39, 0.29) is 41.5 Å². The predicted octanol–water partition coefficient (Wildman–Crippen LogP) is 2.87. The van der Waals surface area contributed by atoms with Gasteiger partial charge < -0.3 is 19.2 Å². The summed E-state index contributed by atoms with van der Waals surface area (Å²) in [5.74, 6) is -0.957. The largest absolute Gasteiger partial charge is 0.487 e. The van der Waals surface area contributed by atoms with Crippen molar-refractivity contribution in [2.75, 3.05) is 13.7 Å². The number of hydrogen-bond donors (Lipinski definition) is 1. The van der Waals surface area contributed by atoms with Crippen molar-refractivity contribution in [2.24, 2.45) is 0 Å². The van der Waals surface area contributed by atoms with Crippen molar-refractivity contribution < 1.29 is 28.8 Å². The van der Waals surface area contributed by atoms with Gasteiger partial charge in [0.05, 0.1) is 18.1 Å². The molecule has 2 aromatic rings. The van der Waals surface area contributed by atoms with Gasteiger partial charge in [0, 0.05) is 18.7 Å². The third-order valence-corrected chi connectivity index (χ3v) is 3.64. The zero-order valence-corrected chi connectivity index (χ0v) is 14.5. The van der Waals surface area contributed by atoms with Crippen molar-refractivity contribution in [1.29, 1.82) is 0 Å². The Morgan fingerprint density at radius 3 is 2.58 bits per heavy atom. The summed E-state index contributed by atoms with van der Waals surface area (Å²) in [6, 6.07) is 5.32. The summed E-state index contributed by atoms with van der Waals surface area (Å²) in [5.41, 5.74) is -0.157. The Morgan fingerprint density at radius 2 is 2.04 bits per heavy atom. The molecule has 2 rings (SSSR count). The molecule has 0 saturated carbocycles. The molecule has 0 fully saturated rings. The van der Waals surface area contributed by atoms with Gasteiger partial charge >= 0.3 is 11.7 Å². The Labute approximate surface area is 148 Å². The van der Waals surface area contributed by atoms with Crippen LogP contribution < -0.4 is 4.74 Å². The zero-order valence-electron chi connectivity index (χ0n) is 14.5. The van der Waals surface area contributed by atoms with Crippen LogP contribution in [0.5, 0.6) is 5.75 Å². The van der Waals surface area contributed by atoms with E-state index in [0.717, 1.165) is 6.07 Å². The van der Waals surface area contributed by atoms with Crippen LogP contribution >= 0.6 is 0 Å².